The van der Waals surface area contributed by atoms with Crippen molar-refractivity contribution < 1.29 is 9.53 Å². The maximum Gasteiger partial charge on any atom is 0.183 e. The topological polar surface area (TPSA) is 31.2 Å². The van der Waals surface area contributed by atoms with Crippen LogP contribution in [0, 0.1) is 0 Å². The fourth-order valence-corrected chi connectivity index (χ4v) is 4.03. The Labute approximate surface area is 171 Å². The minimum absolute atomic E-state index is 0.0382. The molecule has 1 heterocycles. The molecule has 1 aromatic heterocycles. The van der Waals surface area contributed by atoms with E-state index in [0.29, 0.717) is 5.56 Å². The molecule has 0 N–H and O–H groups in total. The molecule has 0 aliphatic rings. The molecule has 0 fully saturated rings. The monoisotopic (exact) mass is 381 g/mol. The van der Waals surface area contributed by atoms with Crippen molar-refractivity contribution in [1.82, 2.24) is 4.57 Å². The first kappa shape index (κ1) is 18.8. The van der Waals surface area contributed by atoms with E-state index >= 15 is 0 Å². The van der Waals surface area contributed by atoms with E-state index in [9.17, 15) is 4.79 Å². The Kier molecular flexibility index (Phi) is 5.05. The number of ether oxygens (including phenoxy) is 1. The van der Waals surface area contributed by atoms with Crippen LogP contribution < -0.4 is 4.74 Å². The fraction of sp³-hybridized carbons (Fsp3) is 0.115. The number of carbonyl (C=O) groups excluding carboxylic acids is 1. The fourth-order valence-electron chi connectivity index (χ4n) is 4.03. The number of hydrogen-bond donors (Lipinski definition) is 0. The van der Waals surface area contributed by atoms with Crippen LogP contribution in [0.4, 0.5) is 0 Å². The number of aryl methyl sites for hydroxylation is 1. The summed E-state index contributed by atoms with van der Waals surface area (Å²) in [5, 5.41) is 0. The minimum atomic E-state index is -0.979. The first-order valence-corrected chi connectivity index (χ1v) is 9.59. The minimum Gasteiger partial charge on any atom is -0.497 e. The molecule has 1 atom stereocenters. The average Bonchev–Trinajstić information content (AvgIpc) is 3.22. The van der Waals surface area contributed by atoms with Gasteiger partial charge in [0.05, 0.1) is 7.11 Å². The molecule has 0 aliphatic heterocycles. The third-order valence-electron chi connectivity index (χ3n) is 5.43. The van der Waals surface area contributed by atoms with E-state index in [1.807, 2.05) is 115 Å². The van der Waals surface area contributed by atoms with E-state index in [-0.39, 0.29) is 5.78 Å². The number of aromatic nitrogens is 1. The van der Waals surface area contributed by atoms with Gasteiger partial charge in [0.15, 0.2) is 5.78 Å². The predicted octanol–water partition coefficient (Wildman–Crippen LogP) is 5.25. The van der Waals surface area contributed by atoms with E-state index in [1.165, 1.54) is 0 Å². The molecule has 4 aromatic rings. The van der Waals surface area contributed by atoms with Crippen molar-refractivity contribution >= 4 is 5.78 Å². The number of ketones is 1. The summed E-state index contributed by atoms with van der Waals surface area (Å²) in [7, 11) is 3.63. The van der Waals surface area contributed by atoms with Crippen LogP contribution >= 0.6 is 0 Å². The summed E-state index contributed by atoms with van der Waals surface area (Å²) in [5.41, 5.74) is 2.45. The van der Waals surface area contributed by atoms with Crippen molar-refractivity contribution in [3.8, 4) is 5.75 Å². The number of rotatable bonds is 6. The van der Waals surface area contributed by atoms with Gasteiger partial charge in [-0.3, -0.25) is 4.79 Å². The lowest BCUT2D eigenvalue weighted by Gasteiger charge is -2.34. The van der Waals surface area contributed by atoms with E-state index < -0.39 is 5.41 Å². The molecular formula is C26H23NO2. The van der Waals surface area contributed by atoms with Gasteiger partial charge in [0.25, 0.3) is 0 Å². The first-order chi connectivity index (χ1) is 14.2. The van der Waals surface area contributed by atoms with Gasteiger partial charge in [-0.1, -0.05) is 72.8 Å². The summed E-state index contributed by atoms with van der Waals surface area (Å²) < 4.78 is 7.38. The Balaban J connectivity index is 2.08. The second-order valence-electron chi connectivity index (χ2n) is 7.04. The van der Waals surface area contributed by atoms with Crippen molar-refractivity contribution in [1.29, 1.82) is 0 Å². The SMILES string of the molecule is COc1ccc(C(C(=O)c2ccccc2)(c2ccccc2)c2cccn2C)cc1. The van der Waals surface area contributed by atoms with E-state index in [2.05, 4.69) is 0 Å². The molecule has 0 radical (unpaired) electrons. The molecule has 0 saturated carbocycles. The zero-order chi connectivity index (χ0) is 20.3. The molecule has 1 unspecified atom stereocenters. The zero-order valence-electron chi connectivity index (χ0n) is 16.6. The van der Waals surface area contributed by atoms with E-state index in [0.717, 1.165) is 22.6 Å². The smallest absolute Gasteiger partial charge is 0.183 e. The molecule has 29 heavy (non-hydrogen) atoms. The van der Waals surface area contributed by atoms with Crippen LogP contribution in [0.5, 0.6) is 5.75 Å². The van der Waals surface area contributed by atoms with Crippen LogP contribution in [0.15, 0.2) is 103 Å². The molecule has 0 spiro atoms. The average molecular weight is 381 g/mol. The highest BCUT2D eigenvalue weighted by Crippen LogP contribution is 2.42. The number of nitrogens with zero attached hydrogens (tertiary/aromatic N) is 1. The van der Waals surface area contributed by atoms with Gasteiger partial charge in [-0.05, 0) is 35.4 Å². The summed E-state index contributed by atoms with van der Waals surface area (Å²) >= 11 is 0. The number of methoxy groups -OCH3 is 1. The molecular weight excluding hydrogens is 358 g/mol. The van der Waals surface area contributed by atoms with Crippen LogP contribution in [0.1, 0.15) is 27.2 Å². The summed E-state index contributed by atoms with van der Waals surface area (Å²) in [4.78, 5) is 14.2. The molecule has 3 aromatic carbocycles. The van der Waals surface area contributed by atoms with E-state index in [4.69, 9.17) is 4.74 Å². The quantitative estimate of drug-likeness (QED) is 0.427. The van der Waals surface area contributed by atoms with Crippen molar-refractivity contribution in [2.24, 2.45) is 7.05 Å². The maximum atomic E-state index is 14.2. The number of carbonyl (C=O) groups is 1. The van der Waals surface area contributed by atoms with Crippen molar-refractivity contribution in [2.75, 3.05) is 7.11 Å². The Bertz CT molecular complexity index is 1100. The Morgan fingerprint density at radius 2 is 1.34 bits per heavy atom. The lowest BCUT2D eigenvalue weighted by Crippen LogP contribution is -2.40. The van der Waals surface area contributed by atoms with Crippen molar-refractivity contribution in [2.45, 2.75) is 5.41 Å². The van der Waals surface area contributed by atoms with E-state index in [1.54, 1.807) is 7.11 Å². The number of benzene rings is 3. The molecule has 0 amide bonds. The molecule has 4 rings (SSSR count). The van der Waals surface area contributed by atoms with Crippen LogP contribution in [-0.2, 0) is 12.5 Å². The van der Waals surface area contributed by atoms with Crippen LogP contribution in [0.3, 0.4) is 0 Å². The zero-order valence-corrected chi connectivity index (χ0v) is 16.6. The lowest BCUT2D eigenvalue weighted by atomic mass is 9.67. The maximum absolute atomic E-state index is 14.2. The second-order valence-corrected chi connectivity index (χ2v) is 7.04. The van der Waals surface area contributed by atoms with Crippen LogP contribution in [-0.4, -0.2) is 17.5 Å². The largest absolute Gasteiger partial charge is 0.497 e. The van der Waals surface area contributed by atoms with Crippen LogP contribution in [0.2, 0.25) is 0 Å². The third-order valence-corrected chi connectivity index (χ3v) is 5.43. The van der Waals surface area contributed by atoms with Gasteiger partial charge >= 0.3 is 0 Å². The molecule has 3 nitrogen and oxygen atoms in total. The molecule has 0 saturated heterocycles. The molecule has 0 bridgehead atoms. The highest BCUT2D eigenvalue weighted by molar-refractivity contribution is 6.09. The predicted molar refractivity (Wildman–Crippen MR) is 116 cm³/mol. The second kappa shape index (κ2) is 7.80. The standard InChI is InChI=1S/C26H23NO2/c1-27-19-9-14-24(27)26(21-12-7-4-8-13-21,22-15-17-23(29-2)18-16-22)25(28)20-10-5-3-6-11-20/h3-19H,1-2H3. The van der Waals surface area contributed by atoms with Gasteiger partial charge in [-0.15, -0.1) is 0 Å². The van der Waals surface area contributed by atoms with Gasteiger partial charge in [-0.25, -0.2) is 0 Å². The molecule has 144 valence electrons. The van der Waals surface area contributed by atoms with Crippen molar-refractivity contribution in [3.63, 3.8) is 0 Å². The number of hydrogen-bond acceptors (Lipinski definition) is 2. The Hall–Kier alpha value is -3.59. The van der Waals surface area contributed by atoms with Gasteiger partial charge in [0.2, 0.25) is 0 Å². The highest BCUT2D eigenvalue weighted by atomic mass is 16.5. The first-order valence-electron chi connectivity index (χ1n) is 9.59. The van der Waals surface area contributed by atoms with Crippen LogP contribution in [0.25, 0.3) is 0 Å². The Morgan fingerprint density at radius 3 is 1.90 bits per heavy atom. The van der Waals surface area contributed by atoms with Gasteiger partial charge in [-0.2, -0.15) is 0 Å². The van der Waals surface area contributed by atoms with Gasteiger partial charge in [0.1, 0.15) is 11.2 Å². The van der Waals surface area contributed by atoms with Gasteiger partial charge < -0.3 is 9.30 Å². The summed E-state index contributed by atoms with van der Waals surface area (Å²) in [6.07, 6.45) is 1.98. The Morgan fingerprint density at radius 1 is 0.759 bits per heavy atom. The van der Waals surface area contributed by atoms with Crippen molar-refractivity contribution in [3.05, 3.63) is 126 Å². The summed E-state index contributed by atoms with van der Waals surface area (Å²) in [6, 6.07) is 31.3. The highest BCUT2D eigenvalue weighted by Gasteiger charge is 2.45. The number of Topliss-reactive ketones (excluding diaryl/α,β-unsaturated/α-hetero) is 1. The summed E-state index contributed by atoms with van der Waals surface area (Å²) in [5.74, 6) is 0.797. The molecule has 0 aliphatic carbocycles. The summed E-state index contributed by atoms with van der Waals surface area (Å²) in [6.45, 7) is 0. The third kappa shape index (κ3) is 3.15. The normalized spacial score (nSPS) is 12.9. The molecule has 3 heteroatoms. The lowest BCUT2D eigenvalue weighted by molar-refractivity contribution is 0.0931. The van der Waals surface area contributed by atoms with Gasteiger partial charge in [0, 0.05) is 24.5 Å².